The lowest BCUT2D eigenvalue weighted by Crippen LogP contribution is -2.39. The van der Waals surface area contributed by atoms with Crippen LogP contribution in [0.25, 0.3) is 5.65 Å². The van der Waals surface area contributed by atoms with E-state index in [4.69, 9.17) is 15.9 Å². The van der Waals surface area contributed by atoms with Crippen LogP contribution in [0.4, 0.5) is 34.6 Å². The number of para-hydroxylation sites is 1. The number of nitrogens with one attached hydrogen (secondary N) is 1. The number of fused-ring (bicyclic) bond motifs is 3. The Morgan fingerprint density at radius 1 is 1.16 bits per heavy atom. The molecule has 2 aliphatic heterocycles. The number of benzene rings is 2. The third kappa shape index (κ3) is 6.56. The fraction of sp³-hybridized carbons (Fsp3) is 0.267. The minimum absolute atomic E-state index is 0.0964. The number of hydrogen-bond donors (Lipinski definition) is 1. The van der Waals surface area contributed by atoms with Gasteiger partial charge in [0.25, 0.3) is 21.1 Å². The highest BCUT2D eigenvalue weighted by Crippen LogP contribution is 2.37. The number of carbonyl (C=O) groups is 1. The van der Waals surface area contributed by atoms with Crippen molar-refractivity contribution in [1.29, 1.82) is 0 Å². The highest BCUT2D eigenvalue weighted by molar-refractivity contribution is 7.92. The molecule has 2 aromatic carbocycles. The number of aromatic nitrogens is 6. The Morgan fingerprint density at radius 2 is 1.90 bits per heavy atom. The van der Waals surface area contributed by atoms with Crippen molar-refractivity contribution in [3.63, 3.8) is 0 Å². The van der Waals surface area contributed by atoms with Crippen molar-refractivity contribution < 1.29 is 40.2 Å². The average Bonchev–Trinajstić information content (AvgIpc) is 3.76. The molecule has 0 unspecified atom stereocenters. The van der Waals surface area contributed by atoms with Crippen molar-refractivity contribution >= 4 is 50.2 Å². The maximum atomic E-state index is 14.5. The van der Waals surface area contributed by atoms with Crippen LogP contribution in [0.3, 0.4) is 0 Å². The number of nitrogens with zero attached hydrogens (tertiary/aromatic N) is 8. The summed E-state index contributed by atoms with van der Waals surface area (Å²) in [5.74, 6) is -0.298. The topological polar surface area (TPSA) is 158 Å². The molecular formula is C30H25F4N9O5S2. The smallest absolute Gasteiger partial charge is 0.319 e. The van der Waals surface area contributed by atoms with Crippen molar-refractivity contribution in [2.24, 2.45) is 10.4 Å². The van der Waals surface area contributed by atoms with Crippen LogP contribution in [-0.4, -0.2) is 63.1 Å². The van der Waals surface area contributed by atoms with Crippen LogP contribution >= 0.6 is 11.5 Å². The van der Waals surface area contributed by atoms with Gasteiger partial charge in [0.05, 0.1) is 25.5 Å². The van der Waals surface area contributed by atoms with Gasteiger partial charge in [-0.15, -0.1) is 11.5 Å². The first-order valence-electron chi connectivity index (χ1n) is 14.4. The molecule has 0 fully saturated rings. The molecule has 5 aromatic rings. The lowest BCUT2D eigenvalue weighted by Gasteiger charge is -2.28. The van der Waals surface area contributed by atoms with Gasteiger partial charge >= 0.3 is 6.01 Å². The molecule has 1 amide bonds. The molecule has 20 heteroatoms. The third-order valence-electron chi connectivity index (χ3n) is 7.33. The van der Waals surface area contributed by atoms with Crippen molar-refractivity contribution in [3.05, 3.63) is 70.4 Å². The number of amides is 1. The van der Waals surface area contributed by atoms with E-state index < -0.39 is 49.8 Å². The Bertz CT molecular complexity index is 2370. The van der Waals surface area contributed by atoms with Crippen LogP contribution in [0, 0.1) is 41.0 Å². The number of rotatable bonds is 6. The van der Waals surface area contributed by atoms with E-state index in [0.717, 1.165) is 43.2 Å². The summed E-state index contributed by atoms with van der Waals surface area (Å²) in [4.78, 5) is 25.6. The van der Waals surface area contributed by atoms with Gasteiger partial charge in [-0.05, 0) is 23.6 Å². The van der Waals surface area contributed by atoms with E-state index in [0.29, 0.717) is 20.8 Å². The molecule has 0 radical (unpaired) electrons. The summed E-state index contributed by atoms with van der Waals surface area (Å²) in [7, 11) is -3.37. The SMILES string of the molecule is C#CCN1C(=O)COc2cc(F)c(N=c3snc4n3CC(C)(C)C4)cc21.COc1ncc(F)c2nc(S(=O)(=O)Nc3c(F)cccc3F)nn12. The van der Waals surface area contributed by atoms with Gasteiger partial charge in [0.1, 0.15) is 34.6 Å². The van der Waals surface area contributed by atoms with Crippen molar-refractivity contribution in [1.82, 2.24) is 28.5 Å². The molecule has 0 spiro atoms. The van der Waals surface area contributed by atoms with Crippen molar-refractivity contribution in [2.75, 3.05) is 29.9 Å². The number of terminal acetylenes is 1. The Morgan fingerprint density at radius 3 is 2.60 bits per heavy atom. The molecular weight excluding hydrogens is 707 g/mol. The molecule has 260 valence electrons. The van der Waals surface area contributed by atoms with Gasteiger partial charge in [-0.1, -0.05) is 25.8 Å². The summed E-state index contributed by atoms with van der Waals surface area (Å²) in [6, 6.07) is 5.33. The standard InChI is InChI=1S/C18H17FN4O2S.C12H8F3N5O3S/c1-4-5-22-13-7-12(11(19)6-14(13)25-9-16(22)24)20-17-23-10-18(2,3)8-15(23)21-26-17;1-23-12-16-5-8(15)10-17-11(18-20(10)12)24(21,22)19-9-6(13)3-2-4-7(9)14/h1,6-7H,5,8-10H2,2-3H3;2-5,19H,1H3. The average molecular weight is 732 g/mol. The van der Waals surface area contributed by atoms with E-state index in [9.17, 15) is 30.8 Å². The Hall–Kier alpha value is -5.55. The second-order valence-electron chi connectivity index (χ2n) is 11.6. The molecule has 3 aromatic heterocycles. The lowest BCUT2D eigenvalue weighted by atomic mass is 9.92. The number of methoxy groups -OCH3 is 1. The van der Waals surface area contributed by atoms with Gasteiger partial charge in [0.2, 0.25) is 4.80 Å². The van der Waals surface area contributed by atoms with Gasteiger partial charge < -0.3 is 14.0 Å². The second kappa shape index (κ2) is 13.1. The molecule has 50 heavy (non-hydrogen) atoms. The molecule has 2 aliphatic rings. The van der Waals surface area contributed by atoms with Gasteiger partial charge in [0.15, 0.2) is 23.9 Å². The first-order chi connectivity index (χ1) is 23.7. The van der Waals surface area contributed by atoms with Crippen LogP contribution in [0.15, 0.2) is 46.7 Å². The number of ether oxygens (including phenoxy) is 2. The quantitative estimate of drug-likeness (QED) is 0.204. The first kappa shape index (κ1) is 34.3. The summed E-state index contributed by atoms with van der Waals surface area (Å²) >= 11 is 1.24. The van der Waals surface area contributed by atoms with Crippen LogP contribution in [-0.2, 0) is 27.8 Å². The molecule has 7 rings (SSSR count). The number of anilines is 2. The van der Waals surface area contributed by atoms with Gasteiger partial charge in [-0.25, -0.2) is 27.5 Å². The molecule has 5 heterocycles. The maximum absolute atomic E-state index is 14.5. The predicted molar refractivity (Wildman–Crippen MR) is 170 cm³/mol. The maximum Gasteiger partial charge on any atom is 0.319 e. The molecule has 0 saturated heterocycles. The monoisotopic (exact) mass is 731 g/mol. The van der Waals surface area contributed by atoms with Gasteiger partial charge in [-0.2, -0.15) is 22.3 Å². The van der Waals surface area contributed by atoms with Crippen LogP contribution in [0.2, 0.25) is 0 Å². The number of carbonyl (C=O) groups excluding carboxylic acids is 1. The largest absolute Gasteiger partial charge is 0.481 e. The second-order valence-corrected chi connectivity index (χ2v) is 13.9. The van der Waals surface area contributed by atoms with Gasteiger partial charge in [-0.3, -0.25) is 14.4 Å². The van der Waals surface area contributed by atoms with Crippen molar-refractivity contribution in [3.8, 4) is 24.1 Å². The normalized spacial score (nSPS) is 15.1. The summed E-state index contributed by atoms with van der Waals surface area (Å²) < 4.78 is 98.8. The highest BCUT2D eigenvalue weighted by Gasteiger charge is 2.31. The highest BCUT2D eigenvalue weighted by atomic mass is 32.2. The fourth-order valence-electron chi connectivity index (χ4n) is 5.08. The van der Waals surface area contributed by atoms with Gasteiger partial charge in [0, 0.05) is 30.6 Å². The lowest BCUT2D eigenvalue weighted by molar-refractivity contribution is -0.121. The molecule has 0 atom stereocenters. The zero-order valence-electron chi connectivity index (χ0n) is 26.3. The summed E-state index contributed by atoms with van der Waals surface area (Å²) in [5.41, 5.74) is -0.699. The van der Waals surface area contributed by atoms with Crippen LogP contribution in [0.1, 0.15) is 19.7 Å². The number of halogens is 4. The minimum Gasteiger partial charge on any atom is -0.481 e. The van der Waals surface area contributed by atoms with Crippen LogP contribution < -0.4 is 23.9 Å². The molecule has 0 bridgehead atoms. The molecule has 0 saturated carbocycles. The number of hydrogen-bond acceptors (Lipinski definition) is 11. The molecule has 1 N–H and O–H groups in total. The first-order valence-corrected chi connectivity index (χ1v) is 16.7. The summed E-state index contributed by atoms with van der Waals surface area (Å²) in [6.45, 7) is 5.05. The minimum atomic E-state index is -4.58. The molecule has 0 aliphatic carbocycles. The van der Waals surface area contributed by atoms with E-state index in [1.54, 1.807) is 4.72 Å². The Balaban J connectivity index is 0.000000174. The Labute approximate surface area is 285 Å². The fourth-order valence-corrected chi connectivity index (χ4v) is 6.79. The van der Waals surface area contributed by atoms with E-state index in [-0.39, 0.29) is 36.2 Å². The Kier molecular flexibility index (Phi) is 8.96. The third-order valence-corrected chi connectivity index (χ3v) is 9.23. The zero-order chi connectivity index (χ0) is 36.0. The summed E-state index contributed by atoms with van der Waals surface area (Å²) in [6.07, 6.45) is 6.98. The zero-order valence-corrected chi connectivity index (χ0v) is 28.0. The van der Waals surface area contributed by atoms with Crippen molar-refractivity contribution in [2.45, 2.75) is 32.0 Å². The van der Waals surface area contributed by atoms with Crippen LogP contribution in [0.5, 0.6) is 11.8 Å². The van der Waals surface area contributed by atoms with E-state index in [1.807, 2.05) is 4.57 Å². The number of sulfonamides is 1. The van der Waals surface area contributed by atoms with E-state index >= 15 is 0 Å². The predicted octanol–water partition coefficient (Wildman–Crippen LogP) is 3.61. The molecule has 14 nitrogen and oxygen atoms in total. The summed E-state index contributed by atoms with van der Waals surface area (Å²) in [5, 5.41) is 2.65. The van der Waals surface area contributed by atoms with E-state index in [2.05, 4.69) is 44.2 Å². The van der Waals surface area contributed by atoms with E-state index in [1.165, 1.54) is 35.7 Å².